The lowest BCUT2D eigenvalue weighted by Gasteiger charge is -2.26. The maximum absolute atomic E-state index is 12.1. The van der Waals surface area contributed by atoms with Crippen LogP contribution >= 0.6 is 11.8 Å². The number of nitrogens with zero attached hydrogens (tertiary/aromatic N) is 1. The van der Waals surface area contributed by atoms with E-state index in [1.807, 2.05) is 47.0 Å². The molecule has 4 heteroatoms. The van der Waals surface area contributed by atoms with Gasteiger partial charge in [0, 0.05) is 30.7 Å². The van der Waals surface area contributed by atoms with Crippen LogP contribution in [0.15, 0.2) is 30.3 Å². The van der Waals surface area contributed by atoms with Gasteiger partial charge in [-0.15, -0.1) is 0 Å². The van der Waals surface area contributed by atoms with E-state index < -0.39 is 0 Å². The van der Waals surface area contributed by atoms with Crippen molar-refractivity contribution in [2.24, 2.45) is 0 Å². The van der Waals surface area contributed by atoms with Crippen LogP contribution in [0, 0.1) is 0 Å². The summed E-state index contributed by atoms with van der Waals surface area (Å²) in [6, 6.07) is 10.9. The third kappa shape index (κ3) is 3.12. The van der Waals surface area contributed by atoms with E-state index in [1.165, 1.54) is 24.3 Å². The van der Waals surface area contributed by atoms with Crippen LogP contribution < -0.4 is 10.2 Å². The van der Waals surface area contributed by atoms with Crippen molar-refractivity contribution in [3.8, 4) is 0 Å². The first-order valence-electron chi connectivity index (χ1n) is 7.02. The molecule has 2 heterocycles. The van der Waals surface area contributed by atoms with Crippen LogP contribution in [0.2, 0.25) is 0 Å². The maximum atomic E-state index is 12.1. The topological polar surface area (TPSA) is 32.3 Å². The molecule has 0 spiro atoms. The molecule has 2 aliphatic heterocycles. The van der Waals surface area contributed by atoms with Gasteiger partial charge in [-0.05, 0) is 36.5 Å². The number of anilines is 1. The van der Waals surface area contributed by atoms with Crippen LogP contribution in [0.5, 0.6) is 0 Å². The molecule has 2 saturated heterocycles. The predicted octanol–water partition coefficient (Wildman–Crippen LogP) is 2.28. The molecule has 0 saturated carbocycles. The fourth-order valence-corrected chi connectivity index (χ4v) is 3.98. The summed E-state index contributed by atoms with van der Waals surface area (Å²) < 4.78 is 0. The third-order valence-corrected chi connectivity index (χ3v) is 4.93. The highest BCUT2D eigenvalue weighted by Gasteiger charge is 2.31. The summed E-state index contributed by atoms with van der Waals surface area (Å²) in [7, 11) is 0. The van der Waals surface area contributed by atoms with Crippen LogP contribution in [0.1, 0.15) is 19.3 Å². The number of para-hydroxylation sites is 1. The van der Waals surface area contributed by atoms with Crippen molar-refractivity contribution in [3.63, 3.8) is 0 Å². The molecule has 0 radical (unpaired) electrons. The van der Waals surface area contributed by atoms with E-state index in [-0.39, 0.29) is 5.91 Å². The van der Waals surface area contributed by atoms with Gasteiger partial charge in [0.25, 0.3) is 0 Å². The van der Waals surface area contributed by atoms with Gasteiger partial charge in [0.1, 0.15) is 0 Å². The van der Waals surface area contributed by atoms with Crippen molar-refractivity contribution in [3.05, 3.63) is 30.3 Å². The zero-order valence-corrected chi connectivity index (χ0v) is 11.9. The molecule has 0 aliphatic carbocycles. The number of carbonyl (C=O) groups excluding carboxylic acids is 1. The van der Waals surface area contributed by atoms with Gasteiger partial charge in [0.2, 0.25) is 5.91 Å². The number of nitrogens with one attached hydrogen (secondary N) is 1. The highest BCUT2D eigenvalue weighted by atomic mass is 32.2. The van der Waals surface area contributed by atoms with Gasteiger partial charge in [-0.2, -0.15) is 11.8 Å². The smallest absolute Gasteiger partial charge is 0.228 e. The number of hydrogen-bond donors (Lipinski definition) is 1. The van der Waals surface area contributed by atoms with Crippen molar-refractivity contribution in [1.29, 1.82) is 0 Å². The molecule has 2 fully saturated rings. The van der Waals surface area contributed by atoms with Crippen LogP contribution in [0.25, 0.3) is 0 Å². The van der Waals surface area contributed by atoms with Crippen LogP contribution in [0.3, 0.4) is 0 Å². The molecule has 0 aromatic heterocycles. The Bertz CT molecular complexity index is 431. The Morgan fingerprint density at radius 3 is 2.58 bits per heavy atom. The molecule has 19 heavy (non-hydrogen) atoms. The van der Waals surface area contributed by atoms with Crippen molar-refractivity contribution in [2.45, 2.75) is 31.3 Å². The van der Waals surface area contributed by atoms with Crippen molar-refractivity contribution in [1.82, 2.24) is 5.32 Å². The summed E-state index contributed by atoms with van der Waals surface area (Å²) in [6.07, 6.45) is 3.11. The number of hydrogen-bond acceptors (Lipinski definition) is 3. The molecule has 1 N–H and O–H groups in total. The van der Waals surface area contributed by atoms with Crippen molar-refractivity contribution < 1.29 is 4.79 Å². The summed E-state index contributed by atoms with van der Waals surface area (Å²) in [5.41, 5.74) is 1.02. The molecule has 0 bridgehead atoms. The van der Waals surface area contributed by atoms with E-state index in [2.05, 4.69) is 5.32 Å². The lowest BCUT2D eigenvalue weighted by Crippen LogP contribution is -2.41. The van der Waals surface area contributed by atoms with Crippen molar-refractivity contribution >= 4 is 23.4 Å². The van der Waals surface area contributed by atoms with E-state index in [0.717, 1.165) is 12.2 Å². The first-order valence-corrected chi connectivity index (χ1v) is 8.17. The van der Waals surface area contributed by atoms with Crippen molar-refractivity contribution in [2.75, 3.05) is 23.0 Å². The molecule has 1 unspecified atom stereocenters. The van der Waals surface area contributed by atoms with Gasteiger partial charge in [-0.1, -0.05) is 18.2 Å². The Kier molecular flexibility index (Phi) is 4.09. The fourth-order valence-electron chi connectivity index (χ4n) is 2.87. The minimum atomic E-state index is 0.244. The number of amides is 1. The Morgan fingerprint density at radius 1 is 1.11 bits per heavy atom. The molecule has 3 nitrogen and oxygen atoms in total. The average Bonchev–Trinajstić information content (AvgIpc) is 2.82. The van der Waals surface area contributed by atoms with Gasteiger partial charge in [-0.3, -0.25) is 4.79 Å². The van der Waals surface area contributed by atoms with E-state index >= 15 is 0 Å². The van der Waals surface area contributed by atoms with Gasteiger partial charge in [0.15, 0.2) is 0 Å². The zero-order valence-electron chi connectivity index (χ0n) is 11.0. The second kappa shape index (κ2) is 5.97. The fraction of sp³-hybridized carbons (Fsp3) is 0.533. The Balaban J connectivity index is 1.60. The van der Waals surface area contributed by atoms with Gasteiger partial charge in [0.05, 0.1) is 0 Å². The minimum absolute atomic E-state index is 0.244. The third-order valence-electron chi connectivity index (χ3n) is 3.89. The largest absolute Gasteiger partial charge is 0.311 e. The lowest BCUT2D eigenvalue weighted by molar-refractivity contribution is -0.117. The summed E-state index contributed by atoms with van der Waals surface area (Å²) >= 11 is 2.04. The molecule has 1 aromatic carbocycles. The van der Waals surface area contributed by atoms with E-state index in [0.29, 0.717) is 18.5 Å². The first-order chi connectivity index (χ1) is 9.33. The standard InChI is InChI=1S/C15H20N2OS/c18-15-10-13(16-12-6-8-19-9-7-12)11-17(15)14-4-2-1-3-5-14/h1-5,12-13,16H,6-11H2. The van der Waals surface area contributed by atoms with E-state index in [9.17, 15) is 4.79 Å². The zero-order chi connectivity index (χ0) is 13.1. The number of benzene rings is 1. The quantitative estimate of drug-likeness (QED) is 0.919. The molecule has 2 aliphatic rings. The minimum Gasteiger partial charge on any atom is -0.311 e. The number of thioether (sulfide) groups is 1. The number of carbonyl (C=O) groups is 1. The van der Waals surface area contributed by atoms with Crippen LogP contribution in [-0.2, 0) is 4.79 Å². The van der Waals surface area contributed by atoms with E-state index in [1.54, 1.807) is 0 Å². The summed E-state index contributed by atoms with van der Waals surface area (Å²) in [6.45, 7) is 0.812. The molecule has 1 aromatic rings. The van der Waals surface area contributed by atoms with Gasteiger partial charge >= 0.3 is 0 Å². The maximum Gasteiger partial charge on any atom is 0.228 e. The van der Waals surface area contributed by atoms with Crippen LogP contribution in [0.4, 0.5) is 5.69 Å². The molecule has 1 amide bonds. The highest BCUT2D eigenvalue weighted by Crippen LogP contribution is 2.23. The summed E-state index contributed by atoms with van der Waals surface area (Å²) in [5, 5.41) is 3.67. The van der Waals surface area contributed by atoms with E-state index in [4.69, 9.17) is 0 Å². The molecule has 1 atom stereocenters. The first kappa shape index (κ1) is 13.0. The number of rotatable bonds is 3. The normalized spacial score (nSPS) is 24.9. The molecular weight excluding hydrogens is 256 g/mol. The molecular formula is C15H20N2OS. The summed E-state index contributed by atoms with van der Waals surface area (Å²) in [4.78, 5) is 14.0. The Labute approximate surface area is 118 Å². The monoisotopic (exact) mass is 276 g/mol. The Morgan fingerprint density at radius 2 is 1.84 bits per heavy atom. The SMILES string of the molecule is O=C1CC(NC2CCSCC2)CN1c1ccccc1. The second-order valence-corrected chi connectivity index (χ2v) is 6.52. The second-order valence-electron chi connectivity index (χ2n) is 5.29. The lowest BCUT2D eigenvalue weighted by atomic mass is 10.1. The molecule has 102 valence electrons. The predicted molar refractivity (Wildman–Crippen MR) is 80.7 cm³/mol. The summed E-state index contributed by atoms with van der Waals surface area (Å²) in [5.74, 6) is 2.75. The van der Waals surface area contributed by atoms with Gasteiger partial charge < -0.3 is 10.2 Å². The van der Waals surface area contributed by atoms with Crippen LogP contribution in [-0.4, -0.2) is 36.0 Å². The molecule has 3 rings (SSSR count). The Hall–Kier alpha value is -1.00. The average molecular weight is 276 g/mol. The van der Waals surface area contributed by atoms with Gasteiger partial charge in [-0.25, -0.2) is 0 Å². The highest BCUT2D eigenvalue weighted by molar-refractivity contribution is 7.99.